The highest BCUT2D eigenvalue weighted by Gasteiger charge is 2.02. The van der Waals surface area contributed by atoms with E-state index in [1.807, 2.05) is 18.2 Å². The second kappa shape index (κ2) is 9.62. The number of aromatic nitrogens is 1. The standard InChI is InChI=1S/C19H25N3O/c1-2-3-11-19(23)22-18-13-12-17(15-21-18)20-14-7-10-16-8-5-4-6-9-16/h4-6,8-9,12-13,15,20H,2-3,7,10-11,14H2,1H3,(H,21,22,23). The Morgan fingerprint density at radius 3 is 2.61 bits per heavy atom. The zero-order valence-corrected chi connectivity index (χ0v) is 13.7. The van der Waals surface area contributed by atoms with Crippen molar-refractivity contribution in [3.63, 3.8) is 0 Å². The van der Waals surface area contributed by atoms with E-state index in [2.05, 4.69) is 46.8 Å². The van der Waals surface area contributed by atoms with Crippen molar-refractivity contribution in [1.29, 1.82) is 0 Å². The van der Waals surface area contributed by atoms with Gasteiger partial charge in [-0.3, -0.25) is 4.79 Å². The Morgan fingerprint density at radius 2 is 1.91 bits per heavy atom. The predicted octanol–water partition coefficient (Wildman–Crippen LogP) is 4.26. The van der Waals surface area contributed by atoms with Crippen molar-refractivity contribution in [2.75, 3.05) is 17.2 Å². The first-order chi connectivity index (χ1) is 11.3. The molecular formula is C19H25N3O. The van der Waals surface area contributed by atoms with Gasteiger partial charge in [-0.2, -0.15) is 0 Å². The summed E-state index contributed by atoms with van der Waals surface area (Å²) in [6, 6.07) is 14.3. The molecular weight excluding hydrogens is 286 g/mol. The average molecular weight is 311 g/mol. The van der Waals surface area contributed by atoms with Gasteiger partial charge in [0.25, 0.3) is 0 Å². The molecule has 0 aliphatic rings. The molecule has 0 bridgehead atoms. The van der Waals surface area contributed by atoms with E-state index in [-0.39, 0.29) is 5.91 Å². The fraction of sp³-hybridized carbons (Fsp3) is 0.368. The van der Waals surface area contributed by atoms with Crippen LogP contribution < -0.4 is 10.6 Å². The number of nitrogens with one attached hydrogen (secondary N) is 2. The van der Waals surface area contributed by atoms with Crippen molar-refractivity contribution in [1.82, 2.24) is 4.98 Å². The van der Waals surface area contributed by atoms with Crippen LogP contribution in [0.25, 0.3) is 0 Å². The lowest BCUT2D eigenvalue weighted by molar-refractivity contribution is -0.116. The zero-order chi connectivity index (χ0) is 16.3. The van der Waals surface area contributed by atoms with E-state index in [0.29, 0.717) is 12.2 Å². The molecule has 2 N–H and O–H groups in total. The lowest BCUT2D eigenvalue weighted by Gasteiger charge is -2.08. The van der Waals surface area contributed by atoms with E-state index in [0.717, 1.165) is 37.9 Å². The van der Waals surface area contributed by atoms with Crippen LogP contribution in [0.5, 0.6) is 0 Å². The van der Waals surface area contributed by atoms with Crippen LogP contribution in [0.3, 0.4) is 0 Å². The molecule has 0 aliphatic carbocycles. The Kier molecular flexibility index (Phi) is 7.11. The molecule has 1 aromatic heterocycles. The smallest absolute Gasteiger partial charge is 0.225 e. The molecule has 23 heavy (non-hydrogen) atoms. The third-order valence-electron chi connectivity index (χ3n) is 3.60. The van der Waals surface area contributed by atoms with Crippen molar-refractivity contribution >= 4 is 17.4 Å². The molecule has 2 rings (SSSR count). The molecule has 1 aromatic carbocycles. The number of rotatable bonds is 9. The number of carbonyl (C=O) groups excluding carboxylic acids is 1. The number of hydrogen-bond acceptors (Lipinski definition) is 3. The summed E-state index contributed by atoms with van der Waals surface area (Å²) in [7, 11) is 0. The highest BCUT2D eigenvalue weighted by molar-refractivity contribution is 5.89. The molecule has 0 spiro atoms. The fourth-order valence-corrected chi connectivity index (χ4v) is 2.28. The molecule has 1 heterocycles. The number of hydrogen-bond donors (Lipinski definition) is 2. The van der Waals surface area contributed by atoms with Gasteiger partial charge in [-0.25, -0.2) is 4.98 Å². The number of benzene rings is 1. The van der Waals surface area contributed by atoms with Crippen molar-refractivity contribution in [3.8, 4) is 0 Å². The van der Waals surface area contributed by atoms with Gasteiger partial charge in [0.15, 0.2) is 0 Å². The third kappa shape index (κ3) is 6.51. The quantitative estimate of drug-likeness (QED) is 0.681. The monoisotopic (exact) mass is 311 g/mol. The van der Waals surface area contributed by atoms with Crippen LogP contribution >= 0.6 is 0 Å². The maximum absolute atomic E-state index is 11.6. The summed E-state index contributed by atoms with van der Waals surface area (Å²) in [5, 5.41) is 6.17. The Labute approximate surface area is 138 Å². The van der Waals surface area contributed by atoms with E-state index in [4.69, 9.17) is 0 Å². The number of unbranched alkanes of at least 4 members (excludes halogenated alkanes) is 1. The van der Waals surface area contributed by atoms with E-state index >= 15 is 0 Å². The summed E-state index contributed by atoms with van der Waals surface area (Å²) >= 11 is 0. The summed E-state index contributed by atoms with van der Waals surface area (Å²) in [5.41, 5.74) is 2.34. The second-order valence-corrected chi connectivity index (χ2v) is 5.60. The summed E-state index contributed by atoms with van der Waals surface area (Å²) < 4.78 is 0. The number of pyridine rings is 1. The van der Waals surface area contributed by atoms with Gasteiger partial charge in [0.2, 0.25) is 5.91 Å². The highest BCUT2D eigenvalue weighted by atomic mass is 16.1. The second-order valence-electron chi connectivity index (χ2n) is 5.60. The van der Waals surface area contributed by atoms with Crippen LogP contribution in [-0.2, 0) is 11.2 Å². The topological polar surface area (TPSA) is 54.0 Å². The molecule has 0 radical (unpaired) electrons. The number of amides is 1. The number of anilines is 2. The van der Waals surface area contributed by atoms with Gasteiger partial charge in [0.1, 0.15) is 5.82 Å². The fourth-order valence-electron chi connectivity index (χ4n) is 2.28. The molecule has 122 valence electrons. The maximum Gasteiger partial charge on any atom is 0.225 e. The lowest BCUT2D eigenvalue weighted by atomic mass is 10.1. The molecule has 4 nitrogen and oxygen atoms in total. The van der Waals surface area contributed by atoms with Gasteiger partial charge in [-0.05, 0) is 37.0 Å². The minimum atomic E-state index is 0.0305. The third-order valence-corrected chi connectivity index (χ3v) is 3.60. The van der Waals surface area contributed by atoms with Crippen LogP contribution in [0.1, 0.15) is 38.2 Å². The Balaban J connectivity index is 1.69. The molecule has 0 saturated carbocycles. The summed E-state index contributed by atoms with van der Waals surface area (Å²) in [6.07, 6.45) is 6.38. The van der Waals surface area contributed by atoms with E-state index in [9.17, 15) is 4.79 Å². The van der Waals surface area contributed by atoms with Crippen molar-refractivity contribution in [3.05, 3.63) is 54.2 Å². The van der Waals surface area contributed by atoms with Crippen LogP contribution in [-0.4, -0.2) is 17.4 Å². The van der Waals surface area contributed by atoms with Crippen LogP contribution in [0, 0.1) is 0 Å². The lowest BCUT2D eigenvalue weighted by Crippen LogP contribution is -2.12. The molecule has 4 heteroatoms. The molecule has 2 aromatic rings. The Bertz CT molecular complexity index is 581. The van der Waals surface area contributed by atoms with E-state index in [1.54, 1.807) is 6.20 Å². The number of nitrogens with zero attached hydrogens (tertiary/aromatic N) is 1. The maximum atomic E-state index is 11.6. The first kappa shape index (κ1) is 17.0. The SMILES string of the molecule is CCCCC(=O)Nc1ccc(NCCCc2ccccc2)cn1. The molecule has 0 unspecified atom stereocenters. The van der Waals surface area contributed by atoms with Gasteiger partial charge in [-0.1, -0.05) is 43.7 Å². The van der Waals surface area contributed by atoms with Crippen LogP contribution in [0.2, 0.25) is 0 Å². The van der Waals surface area contributed by atoms with Gasteiger partial charge in [-0.15, -0.1) is 0 Å². The molecule has 0 fully saturated rings. The van der Waals surface area contributed by atoms with Gasteiger partial charge >= 0.3 is 0 Å². The Hall–Kier alpha value is -2.36. The minimum absolute atomic E-state index is 0.0305. The van der Waals surface area contributed by atoms with E-state index in [1.165, 1.54) is 5.56 Å². The normalized spacial score (nSPS) is 10.3. The summed E-state index contributed by atoms with van der Waals surface area (Å²) in [6.45, 7) is 2.97. The van der Waals surface area contributed by atoms with Gasteiger partial charge < -0.3 is 10.6 Å². The van der Waals surface area contributed by atoms with E-state index < -0.39 is 0 Å². The van der Waals surface area contributed by atoms with Crippen molar-refractivity contribution in [2.24, 2.45) is 0 Å². The average Bonchev–Trinajstić information content (AvgIpc) is 2.59. The van der Waals surface area contributed by atoms with Crippen LogP contribution in [0.15, 0.2) is 48.7 Å². The summed E-state index contributed by atoms with van der Waals surface area (Å²) in [4.78, 5) is 15.9. The van der Waals surface area contributed by atoms with Gasteiger partial charge in [0.05, 0.1) is 11.9 Å². The molecule has 0 aliphatic heterocycles. The highest BCUT2D eigenvalue weighted by Crippen LogP contribution is 2.11. The Morgan fingerprint density at radius 1 is 1.09 bits per heavy atom. The largest absolute Gasteiger partial charge is 0.384 e. The molecule has 0 saturated heterocycles. The molecule has 0 atom stereocenters. The van der Waals surface area contributed by atoms with Crippen molar-refractivity contribution < 1.29 is 4.79 Å². The zero-order valence-electron chi connectivity index (χ0n) is 13.7. The first-order valence-electron chi connectivity index (χ1n) is 8.31. The minimum Gasteiger partial charge on any atom is -0.384 e. The number of carbonyl (C=O) groups is 1. The van der Waals surface area contributed by atoms with Crippen LogP contribution in [0.4, 0.5) is 11.5 Å². The first-order valence-corrected chi connectivity index (χ1v) is 8.31. The predicted molar refractivity (Wildman–Crippen MR) is 95.6 cm³/mol. The van der Waals surface area contributed by atoms with Crippen molar-refractivity contribution in [2.45, 2.75) is 39.0 Å². The number of aryl methyl sites for hydroxylation is 1. The van der Waals surface area contributed by atoms with Gasteiger partial charge in [0, 0.05) is 13.0 Å². The molecule has 1 amide bonds. The summed E-state index contributed by atoms with van der Waals surface area (Å²) in [5.74, 6) is 0.642.